The van der Waals surface area contributed by atoms with Crippen LogP contribution in [0.3, 0.4) is 0 Å². The molecule has 0 bridgehead atoms. The van der Waals surface area contributed by atoms with Gasteiger partial charge in [-0.25, -0.2) is 4.98 Å². The Morgan fingerprint density at radius 3 is 2.45 bits per heavy atom. The quantitative estimate of drug-likeness (QED) is 0.391. The third kappa shape index (κ3) is 5.12. The van der Waals surface area contributed by atoms with E-state index in [0.29, 0.717) is 34.4 Å². The van der Waals surface area contributed by atoms with Crippen LogP contribution in [-0.4, -0.2) is 21.8 Å². The Hall–Kier alpha value is -3.93. The van der Waals surface area contributed by atoms with E-state index in [1.165, 1.54) is 0 Å². The fraction of sp³-hybridized carbons (Fsp3) is 0.222. The third-order valence-electron chi connectivity index (χ3n) is 5.58. The number of rotatable bonds is 5. The Kier molecular flexibility index (Phi) is 6.01. The molecule has 2 aromatic carbocycles. The van der Waals surface area contributed by atoms with Crippen molar-refractivity contribution in [3.63, 3.8) is 0 Å². The summed E-state index contributed by atoms with van der Waals surface area (Å²) in [6, 6.07) is 17.4. The average molecular weight is 441 g/mol. The van der Waals surface area contributed by atoms with Gasteiger partial charge in [-0.15, -0.1) is 0 Å². The van der Waals surface area contributed by atoms with Gasteiger partial charge in [-0.05, 0) is 41.7 Å². The molecule has 0 saturated heterocycles. The minimum Gasteiger partial charge on any atom is -0.348 e. The molecule has 3 N–H and O–H groups in total. The van der Waals surface area contributed by atoms with E-state index in [2.05, 4.69) is 41.4 Å². The van der Waals surface area contributed by atoms with Gasteiger partial charge in [0.25, 0.3) is 11.8 Å². The highest BCUT2D eigenvalue weighted by Crippen LogP contribution is 2.23. The van der Waals surface area contributed by atoms with Gasteiger partial charge in [-0.1, -0.05) is 62.7 Å². The summed E-state index contributed by atoms with van der Waals surface area (Å²) in [4.78, 5) is 32.9. The minimum absolute atomic E-state index is 0.0224. The van der Waals surface area contributed by atoms with E-state index in [9.17, 15) is 9.59 Å². The van der Waals surface area contributed by atoms with Gasteiger partial charge in [-0.2, -0.15) is 0 Å². The number of fused-ring (bicyclic) bond motifs is 1. The number of amides is 2. The maximum atomic E-state index is 12.8. The zero-order chi connectivity index (χ0) is 23.6. The molecule has 2 amide bonds. The van der Waals surface area contributed by atoms with Crippen LogP contribution in [-0.2, 0) is 12.0 Å². The number of nitrogens with one attached hydrogen (secondary N) is 3. The SMILES string of the molecule is Cc1cccc(CNC(=O)c2c[nH]c3ncc(NC(=O)c4ccc(C(C)(C)C)cc4)cc23)c1. The van der Waals surface area contributed by atoms with Crippen LogP contribution in [0, 0.1) is 6.92 Å². The number of nitrogens with zero attached hydrogens (tertiary/aromatic N) is 1. The van der Waals surface area contributed by atoms with E-state index in [4.69, 9.17) is 0 Å². The Bertz CT molecular complexity index is 1310. The van der Waals surface area contributed by atoms with E-state index in [1.54, 1.807) is 18.5 Å². The molecule has 168 valence electrons. The monoisotopic (exact) mass is 440 g/mol. The number of aromatic nitrogens is 2. The van der Waals surface area contributed by atoms with Gasteiger partial charge in [0.2, 0.25) is 0 Å². The Balaban J connectivity index is 1.49. The van der Waals surface area contributed by atoms with Gasteiger partial charge < -0.3 is 15.6 Å². The molecule has 0 saturated carbocycles. The molecule has 4 rings (SSSR count). The van der Waals surface area contributed by atoms with Crippen LogP contribution in [0.15, 0.2) is 67.0 Å². The lowest BCUT2D eigenvalue weighted by Gasteiger charge is -2.19. The molecule has 6 heteroatoms. The molecule has 0 aliphatic heterocycles. The van der Waals surface area contributed by atoms with Crippen molar-refractivity contribution in [2.75, 3.05) is 5.32 Å². The molecular formula is C27H28N4O2. The van der Waals surface area contributed by atoms with Crippen molar-refractivity contribution in [3.8, 4) is 0 Å². The average Bonchev–Trinajstić information content (AvgIpc) is 3.20. The molecule has 0 unspecified atom stereocenters. The predicted molar refractivity (Wildman–Crippen MR) is 132 cm³/mol. The summed E-state index contributed by atoms with van der Waals surface area (Å²) >= 11 is 0. The zero-order valence-electron chi connectivity index (χ0n) is 19.3. The maximum absolute atomic E-state index is 12.8. The number of anilines is 1. The van der Waals surface area contributed by atoms with Gasteiger partial charge in [0.05, 0.1) is 17.4 Å². The first-order chi connectivity index (χ1) is 15.7. The maximum Gasteiger partial charge on any atom is 0.255 e. The van der Waals surface area contributed by atoms with Gasteiger partial charge >= 0.3 is 0 Å². The number of hydrogen-bond acceptors (Lipinski definition) is 3. The highest BCUT2D eigenvalue weighted by Gasteiger charge is 2.16. The topological polar surface area (TPSA) is 86.9 Å². The van der Waals surface area contributed by atoms with Crippen molar-refractivity contribution >= 4 is 28.5 Å². The largest absolute Gasteiger partial charge is 0.348 e. The number of pyridine rings is 1. The number of hydrogen-bond donors (Lipinski definition) is 3. The Morgan fingerprint density at radius 2 is 1.76 bits per heavy atom. The third-order valence-corrected chi connectivity index (χ3v) is 5.58. The molecular weight excluding hydrogens is 412 g/mol. The lowest BCUT2D eigenvalue weighted by molar-refractivity contribution is 0.0951. The number of aryl methyl sites for hydroxylation is 1. The van der Waals surface area contributed by atoms with Crippen LogP contribution in [0.2, 0.25) is 0 Å². The molecule has 6 nitrogen and oxygen atoms in total. The summed E-state index contributed by atoms with van der Waals surface area (Å²) in [5, 5.41) is 6.48. The molecule has 0 spiro atoms. The van der Waals surface area contributed by atoms with E-state index >= 15 is 0 Å². The number of H-pyrrole nitrogens is 1. The van der Waals surface area contributed by atoms with E-state index in [0.717, 1.165) is 16.7 Å². The number of benzene rings is 2. The van der Waals surface area contributed by atoms with E-state index in [1.807, 2.05) is 55.5 Å². The normalized spacial score (nSPS) is 11.4. The zero-order valence-corrected chi connectivity index (χ0v) is 19.3. The van der Waals surface area contributed by atoms with Crippen LogP contribution in [0.4, 0.5) is 5.69 Å². The lowest BCUT2D eigenvalue weighted by atomic mass is 9.87. The molecule has 0 aliphatic carbocycles. The number of aromatic amines is 1. The number of carbonyl (C=O) groups is 2. The van der Waals surface area contributed by atoms with Crippen molar-refractivity contribution in [1.82, 2.24) is 15.3 Å². The molecule has 33 heavy (non-hydrogen) atoms. The highest BCUT2D eigenvalue weighted by molar-refractivity contribution is 6.08. The first kappa shape index (κ1) is 22.3. The van der Waals surface area contributed by atoms with Gasteiger partial charge in [0.1, 0.15) is 5.65 Å². The van der Waals surface area contributed by atoms with Crippen LogP contribution in [0.25, 0.3) is 11.0 Å². The van der Waals surface area contributed by atoms with Gasteiger partial charge in [0.15, 0.2) is 0 Å². The molecule has 2 aromatic heterocycles. The molecule has 4 aromatic rings. The minimum atomic E-state index is -0.224. The fourth-order valence-corrected chi connectivity index (χ4v) is 3.68. The van der Waals surface area contributed by atoms with Crippen LogP contribution in [0.5, 0.6) is 0 Å². The van der Waals surface area contributed by atoms with Crippen molar-refractivity contribution in [3.05, 3.63) is 94.8 Å². The molecule has 0 fully saturated rings. The Labute approximate surface area is 193 Å². The predicted octanol–water partition coefficient (Wildman–Crippen LogP) is 5.35. The van der Waals surface area contributed by atoms with Crippen molar-refractivity contribution in [2.24, 2.45) is 0 Å². The van der Waals surface area contributed by atoms with E-state index in [-0.39, 0.29) is 17.2 Å². The fourth-order valence-electron chi connectivity index (χ4n) is 3.68. The molecule has 0 radical (unpaired) electrons. The van der Waals surface area contributed by atoms with Gasteiger partial charge in [0, 0.05) is 23.7 Å². The summed E-state index contributed by atoms with van der Waals surface area (Å²) in [5.74, 6) is -0.427. The van der Waals surface area contributed by atoms with E-state index < -0.39 is 0 Å². The van der Waals surface area contributed by atoms with Gasteiger partial charge in [-0.3, -0.25) is 9.59 Å². The van der Waals surface area contributed by atoms with Crippen molar-refractivity contribution in [1.29, 1.82) is 0 Å². The van der Waals surface area contributed by atoms with Crippen LogP contribution >= 0.6 is 0 Å². The summed E-state index contributed by atoms with van der Waals surface area (Å²) in [7, 11) is 0. The molecule has 0 aliphatic rings. The summed E-state index contributed by atoms with van der Waals surface area (Å²) < 4.78 is 0. The second kappa shape index (κ2) is 8.90. The highest BCUT2D eigenvalue weighted by atomic mass is 16.2. The summed E-state index contributed by atoms with van der Waals surface area (Å²) in [6.07, 6.45) is 3.22. The lowest BCUT2D eigenvalue weighted by Crippen LogP contribution is -2.22. The molecule has 2 heterocycles. The second-order valence-electron chi connectivity index (χ2n) is 9.28. The first-order valence-corrected chi connectivity index (χ1v) is 10.9. The smallest absolute Gasteiger partial charge is 0.255 e. The van der Waals surface area contributed by atoms with Crippen LogP contribution in [0.1, 0.15) is 58.2 Å². The summed E-state index contributed by atoms with van der Waals surface area (Å²) in [6.45, 7) is 8.85. The van der Waals surface area contributed by atoms with Crippen LogP contribution < -0.4 is 10.6 Å². The van der Waals surface area contributed by atoms with Crippen molar-refractivity contribution < 1.29 is 9.59 Å². The Morgan fingerprint density at radius 1 is 1.00 bits per heavy atom. The second-order valence-corrected chi connectivity index (χ2v) is 9.28. The summed E-state index contributed by atoms with van der Waals surface area (Å²) in [5.41, 5.74) is 5.52. The molecule has 0 atom stereocenters. The first-order valence-electron chi connectivity index (χ1n) is 10.9. The standard InChI is InChI=1S/C27H28N4O2/c1-17-6-5-7-18(12-17)14-30-26(33)23-16-29-24-22(23)13-21(15-28-24)31-25(32)19-8-10-20(11-9-19)27(2,3)4/h5-13,15-16H,14H2,1-4H3,(H,28,29)(H,30,33)(H,31,32). The van der Waals surface area contributed by atoms with Crippen molar-refractivity contribution in [2.45, 2.75) is 39.7 Å². The number of carbonyl (C=O) groups excluding carboxylic acids is 2.